The highest BCUT2D eigenvalue weighted by Crippen LogP contribution is 2.22. The van der Waals surface area contributed by atoms with Crippen molar-refractivity contribution in [3.05, 3.63) is 23.9 Å². The Morgan fingerprint density at radius 3 is 2.70 bits per heavy atom. The van der Waals surface area contributed by atoms with Crippen molar-refractivity contribution in [2.45, 2.75) is 52.0 Å². The number of pyridine rings is 1. The number of carbonyl (C=O) groups excluding carboxylic acids is 2. The van der Waals surface area contributed by atoms with E-state index in [9.17, 15) is 9.59 Å². The summed E-state index contributed by atoms with van der Waals surface area (Å²) in [7, 11) is 0. The Morgan fingerprint density at radius 2 is 2.04 bits per heavy atom. The summed E-state index contributed by atoms with van der Waals surface area (Å²) in [5.41, 5.74) is 0.600. The number of ketones is 1. The van der Waals surface area contributed by atoms with Gasteiger partial charge in [0.25, 0.3) is 5.91 Å². The molecule has 6 heteroatoms. The molecule has 1 aromatic rings. The van der Waals surface area contributed by atoms with Crippen molar-refractivity contribution in [1.29, 1.82) is 0 Å². The van der Waals surface area contributed by atoms with E-state index in [1.54, 1.807) is 6.20 Å². The molecule has 0 radical (unpaired) electrons. The Labute approximate surface area is 162 Å². The average molecular weight is 373 g/mol. The Morgan fingerprint density at radius 1 is 1.26 bits per heavy atom. The van der Waals surface area contributed by atoms with E-state index in [4.69, 9.17) is 0 Å². The minimum atomic E-state index is -0.0158. The molecular weight excluding hydrogens is 340 g/mol. The van der Waals surface area contributed by atoms with Crippen molar-refractivity contribution in [3.63, 3.8) is 0 Å². The number of piperidine rings is 2. The molecule has 2 N–H and O–H groups in total. The molecule has 3 heterocycles. The first-order valence-electron chi connectivity index (χ1n) is 10.3. The Balaban J connectivity index is 1.57. The summed E-state index contributed by atoms with van der Waals surface area (Å²) in [5, 5.41) is 6.79. The number of Topliss-reactive ketones (excluding diaryl/α,β-unsaturated/α-hetero) is 1. The molecule has 27 heavy (non-hydrogen) atoms. The summed E-state index contributed by atoms with van der Waals surface area (Å²) in [6, 6.07) is 4.17. The maximum atomic E-state index is 12.8. The first kappa shape index (κ1) is 19.8. The number of hydrogen-bond donors (Lipinski definition) is 2. The highest BCUT2D eigenvalue weighted by molar-refractivity contribution is 5.94. The molecule has 6 nitrogen and oxygen atoms in total. The Hall–Kier alpha value is -1.95. The standard InChI is InChI=1S/C21H32N4O2/c1-15(2)12-19(26)17-4-3-11-25(14-17)21(27)16-5-6-20(23-13-16)24-18-7-9-22-10-8-18/h5-6,13,15,17-18,22H,3-4,7-12,14H2,1-2H3,(H,23,24). The largest absolute Gasteiger partial charge is 0.367 e. The summed E-state index contributed by atoms with van der Waals surface area (Å²) in [6.45, 7) is 7.45. The normalized spacial score (nSPS) is 21.3. The molecular formula is C21H32N4O2. The van der Waals surface area contributed by atoms with Crippen LogP contribution < -0.4 is 10.6 Å². The van der Waals surface area contributed by atoms with Gasteiger partial charge in [-0.05, 0) is 56.8 Å². The van der Waals surface area contributed by atoms with Gasteiger partial charge in [-0.15, -0.1) is 0 Å². The molecule has 0 aliphatic carbocycles. The van der Waals surface area contributed by atoms with E-state index < -0.39 is 0 Å². The van der Waals surface area contributed by atoms with Crippen LogP contribution in [0.15, 0.2) is 18.3 Å². The van der Waals surface area contributed by atoms with Gasteiger partial charge in [-0.25, -0.2) is 4.98 Å². The quantitative estimate of drug-likeness (QED) is 0.803. The van der Waals surface area contributed by atoms with Crippen molar-refractivity contribution >= 4 is 17.5 Å². The lowest BCUT2D eigenvalue weighted by atomic mass is 9.89. The van der Waals surface area contributed by atoms with Gasteiger partial charge in [0.15, 0.2) is 0 Å². The number of aromatic nitrogens is 1. The van der Waals surface area contributed by atoms with Gasteiger partial charge in [0.1, 0.15) is 11.6 Å². The van der Waals surface area contributed by atoms with E-state index in [-0.39, 0.29) is 11.8 Å². The molecule has 1 unspecified atom stereocenters. The fourth-order valence-electron chi connectivity index (χ4n) is 3.96. The minimum absolute atomic E-state index is 0.0149. The van der Waals surface area contributed by atoms with Crippen LogP contribution in [-0.4, -0.2) is 53.8 Å². The maximum Gasteiger partial charge on any atom is 0.255 e. The lowest BCUT2D eigenvalue weighted by molar-refractivity contribution is -0.124. The van der Waals surface area contributed by atoms with Crippen molar-refractivity contribution in [3.8, 4) is 0 Å². The van der Waals surface area contributed by atoms with Crippen molar-refractivity contribution in [1.82, 2.24) is 15.2 Å². The van der Waals surface area contributed by atoms with Crippen LogP contribution >= 0.6 is 0 Å². The van der Waals surface area contributed by atoms with Crippen molar-refractivity contribution in [2.24, 2.45) is 11.8 Å². The van der Waals surface area contributed by atoms with E-state index in [2.05, 4.69) is 29.5 Å². The van der Waals surface area contributed by atoms with Crippen LogP contribution in [0.2, 0.25) is 0 Å². The summed E-state index contributed by atoms with van der Waals surface area (Å²) in [4.78, 5) is 31.5. The molecule has 148 valence electrons. The zero-order valence-electron chi connectivity index (χ0n) is 16.5. The number of likely N-dealkylation sites (tertiary alicyclic amines) is 1. The van der Waals surface area contributed by atoms with Crippen LogP contribution in [0.4, 0.5) is 5.82 Å². The van der Waals surface area contributed by atoms with Crippen LogP contribution in [0, 0.1) is 11.8 Å². The molecule has 3 rings (SSSR count). The molecule has 0 aromatic carbocycles. The van der Waals surface area contributed by atoms with E-state index in [0.717, 1.165) is 51.1 Å². The van der Waals surface area contributed by atoms with Gasteiger partial charge < -0.3 is 15.5 Å². The van der Waals surface area contributed by atoms with Crippen molar-refractivity contribution < 1.29 is 9.59 Å². The van der Waals surface area contributed by atoms with Crippen molar-refractivity contribution in [2.75, 3.05) is 31.5 Å². The Bertz CT molecular complexity index is 638. The third-order valence-corrected chi connectivity index (χ3v) is 5.47. The SMILES string of the molecule is CC(C)CC(=O)C1CCCN(C(=O)c2ccc(NC3CCNCC3)nc2)C1. The van der Waals surface area contributed by atoms with E-state index in [0.29, 0.717) is 36.3 Å². The molecule has 0 spiro atoms. The predicted molar refractivity (Wildman–Crippen MR) is 107 cm³/mol. The number of amides is 1. The number of hydrogen-bond acceptors (Lipinski definition) is 5. The summed E-state index contributed by atoms with van der Waals surface area (Å²) >= 11 is 0. The fourth-order valence-corrected chi connectivity index (χ4v) is 3.96. The van der Waals surface area contributed by atoms with Crippen LogP contribution in [0.25, 0.3) is 0 Å². The zero-order chi connectivity index (χ0) is 19.2. The summed E-state index contributed by atoms with van der Waals surface area (Å²) in [5.74, 6) is 1.45. The zero-order valence-corrected chi connectivity index (χ0v) is 16.5. The number of rotatable bonds is 6. The highest BCUT2D eigenvalue weighted by atomic mass is 16.2. The van der Waals surface area contributed by atoms with Gasteiger partial charge in [-0.2, -0.15) is 0 Å². The summed E-state index contributed by atoms with van der Waals surface area (Å²) < 4.78 is 0. The molecule has 1 atom stereocenters. The summed E-state index contributed by atoms with van der Waals surface area (Å²) in [6.07, 6.45) is 6.22. The fraction of sp³-hybridized carbons (Fsp3) is 0.667. The van der Waals surface area contributed by atoms with Gasteiger partial charge >= 0.3 is 0 Å². The molecule has 2 aliphatic rings. The number of anilines is 1. The molecule has 1 amide bonds. The van der Waals surface area contributed by atoms with E-state index in [1.807, 2.05) is 17.0 Å². The van der Waals surface area contributed by atoms with Gasteiger partial charge in [0, 0.05) is 37.7 Å². The van der Waals surface area contributed by atoms with Crippen LogP contribution in [-0.2, 0) is 4.79 Å². The third-order valence-electron chi connectivity index (χ3n) is 5.47. The Kier molecular flexibility index (Phi) is 6.83. The van der Waals surface area contributed by atoms with Crippen LogP contribution in [0.5, 0.6) is 0 Å². The van der Waals surface area contributed by atoms with Gasteiger partial charge in [-0.3, -0.25) is 9.59 Å². The van der Waals surface area contributed by atoms with Gasteiger partial charge in [0.05, 0.1) is 5.56 Å². The monoisotopic (exact) mass is 372 g/mol. The first-order valence-corrected chi connectivity index (χ1v) is 10.3. The molecule has 2 fully saturated rings. The third kappa shape index (κ3) is 5.51. The molecule has 2 aliphatic heterocycles. The van der Waals surface area contributed by atoms with Crippen LogP contribution in [0.3, 0.4) is 0 Å². The first-order chi connectivity index (χ1) is 13.0. The topological polar surface area (TPSA) is 74.3 Å². The smallest absolute Gasteiger partial charge is 0.255 e. The lowest BCUT2D eigenvalue weighted by Gasteiger charge is -2.32. The van der Waals surface area contributed by atoms with Crippen LogP contribution in [0.1, 0.15) is 56.3 Å². The van der Waals surface area contributed by atoms with Gasteiger partial charge in [-0.1, -0.05) is 13.8 Å². The predicted octanol–water partition coefficient (Wildman–Crippen LogP) is 2.71. The number of nitrogens with zero attached hydrogens (tertiary/aromatic N) is 2. The molecule has 1 aromatic heterocycles. The molecule has 0 bridgehead atoms. The highest BCUT2D eigenvalue weighted by Gasteiger charge is 2.29. The van der Waals surface area contributed by atoms with E-state index in [1.165, 1.54) is 0 Å². The molecule has 0 saturated carbocycles. The minimum Gasteiger partial charge on any atom is -0.367 e. The van der Waals surface area contributed by atoms with E-state index >= 15 is 0 Å². The second-order valence-corrected chi connectivity index (χ2v) is 8.26. The average Bonchev–Trinajstić information content (AvgIpc) is 2.68. The van der Waals surface area contributed by atoms with Gasteiger partial charge in [0.2, 0.25) is 0 Å². The maximum absolute atomic E-state index is 12.8. The number of carbonyl (C=O) groups is 2. The lowest BCUT2D eigenvalue weighted by Crippen LogP contribution is -2.42. The number of nitrogens with one attached hydrogen (secondary N) is 2. The second kappa shape index (κ2) is 9.31. The second-order valence-electron chi connectivity index (χ2n) is 8.26. The molecule has 2 saturated heterocycles.